The summed E-state index contributed by atoms with van der Waals surface area (Å²) in [5.41, 5.74) is 3.09. The molecule has 6 heteroatoms. The number of carbonyl (C=O) groups excluding carboxylic acids is 2. The topological polar surface area (TPSA) is 73.5 Å². The van der Waals surface area contributed by atoms with Gasteiger partial charge in [-0.2, -0.15) is 0 Å². The number of rotatable bonds is 8. The summed E-state index contributed by atoms with van der Waals surface area (Å²) >= 11 is 0. The molecule has 6 nitrogen and oxygen atoms in total. The Morgan fingerprint density at radius 2 is 1.54 bits per heavy atom. The summed E-state index contributed by atoms with van der Waals surface area (Å²) in [5, 5.41) is 8.51. The molecule has 3 amide bonds. The number of carbonyl (C=O) groups is 2. The number of nitrogens with zero attached hydrogens (tertiary/aromatic N) is 1. The maximum Gasteiger partial charge on any atom is 0.315 e. The van der Waals surface area contributed by atoms with Crippen molar-refractivity contribution >= 4 is 17.6 Å². The Bertz CT molecular complexity index is 775. The van der Waals surface area contributed by atoms with Crippen molar-refractivity contribution in [3.8, 4) is 0 Å². The summed E-state index contributed by atoms with van der Waals surface area (Å²) in [5.74, 6) is -0.226. The van der Waals surface area contributed by atoms with Gasteiger partial charge in [0.1, 0.15) is 6.04 Å². The van der Waals surface area contributed by atoms with E-state index in [9.17, 15) is 9.59 Å². The van der Waals surface area contributed by atoms with Gasteiger partial charge in [0.25, 0.3) is 0 Å². The summed E-state index contributed by atoms with van der Waals surface area (Å²) in [6.45, 7) is 4.65. The summed E-state index contributed by atoms with van der Waals surface area (Å²) in [6, 6.07) is 16.7. The van der Waals surface area contributed by atoms with Crippen LogP contribution in [0.4, 0.5) is 10.5 Å². The Kier molecular flexibility index (Phi) is 7.87. The fourth-order valence-electron chi connectivity index (χ4n) is 2.75. The molecular weight excluding hydrogens is 352 g/mol. The van der Waals surface area contributed by atoms with Crippen molar-refractivity contribution in [2.45, 2.75) is 33.0 Å². The van der Waals surface area contributed by atoms with Gasteiger partial charge in [-0.3, -0.25) is 4.79 Å². The van der Waals surface area contributed by atoms with Crippen molar-refractivity contribution in [1.29, 1.82) is 0 Å². The van der Waals surface area contributed by atoms with Gasteiger partial charge in [-0.1, -0.05) is 56.3 Å². The molecule has 0 saturated heterocycles. The maximum atomic E-state index is 12.6. The zero-order valence-corrected chi connectivity index (χ0v) is 17.0. The molecule has 0 saturated carbocycles. The van der Waals surface area contributed by atoms with Crippen LogP contribution in [0.15, 0.2) is 54.6 Å². The summed E-state index contributed by atoms with van der Waals surface area (Å²) in [4.78, 5) is 26.9. The van der Waals surface area contributed by atoms with Gasteiger partial charge >= 0.3 is 6.03 Å². The van der Waals surface area contributed by atoms with Gasteiger partial charge in [0, 0.05) is 32.9 Å². The lowest BCUT2D eigenvalue weighted by Gasteiger charge is -2.22. The van der Waals surface area contributed by atoms with Crippen LogP contribution < -0.4 is 20.9 Å². The van der Waals surface area contributed by atoms with Gasteiger partial charge in [0.2, 0.25) is 5.91 Å². The van der Waals surface area contributed by atoms with Crippen molar-refractivity contribution in [2.75, 3.05) is 19.0 Å². The largest absolute Gasteiger partial charge is 0.378 e. The number of hydrogen-bond acceptors (Lipinski definition) is 3. The highest BCUT2D eigenvalue weighted by atomic mass is 16.2. The van der Waals surface area contributed by atoms with Crippen LogP contribution in [0.2, 0.25) is 0 Å². The van der Waals surface area contributed by atoms with Gasteiger partial charge in [-0.15, -0.1) is 0 Å². The smallest absolute Gasteiger partial charge is 0.315 e. The molecule has 1 atom stereocenters. The predicted octanol–water partition coefficient (Wildman–Crippen LogP) is 2.89. The first-order valence-corrected chi connectivity index (χ1v) is 9.49. The second-order valence-corrected chi connectivity index (χ2v) is 7.32. The molecule has 1 unspecified atom stereocenters. The van der Waals surface area contributed by atoms with Gasteiger partial charge in [-0.05, 0) is 29.2 Å². The first-order valence-electron chi connectivity index (χ1n) is 9.49. The van der Waals surface area contributed by atoms with Crippen LogP contribution in [-0.2, 0) is 17.9 Å². The number of benzene rings is 2. The third-order valence-electron chi connectivity index (χ3n) is 4.43. The first-order chi connectivity index (χ1) is 13.4. The van der Waals surface area contributed by atoms with E-state index in [4.69, 9.17) is 0 Å². The molecule has 0 spiro atoms. The SMILES string of the molecule is CC(C)C(NC(=O)NCc1ccccc1)C(=O)NCc1cccc(N(C)C)c1. The number of anilines is 1. The lowest BCUT2D eigenvalue weighted by Crippen LogP contribution is -2.52. The molecule has 150 valence electrons. The van der Waals surface area contributed by atoms with Crippen molar-refractivity contribution in [3.05, 3.63) is 65.7 Å². The third kappa shape index (κ3) is 6.61. The lowest BCUT2D eigenvalue weighted by atomic mass is 10.0. The molecule has 0 heterocycles. The van der Waals surface area contributed by atoms with E-state index in [1.807, 2.05) is 87.4 Å². The van der Waals surface area contributed by atoms with Crippen LogP contribution in [0.3, 0.4) is 0 Å². The standard InChI is InChI=1S/C22H30N4O2/c1-16(2)20(25-22(28)24-14-17-9-6-5-7-10-17)21(27)23-15-18-11-8-12-19(13-18)26(3)4/h5-13,16,20H,14-15H2,1-4H3,(H,23,27)(H2,24,25,28). The highest BCUT2D eigenvalue weighted by Gasteiger charge is 2.23. The fourth-order valence-corrected chi connectivity index (χ4v) is 2.75. The quantitative estimate of drug-likeness (QED) is 0.657. The molecule has 28 heavy (non-hydrogen) atoms. The molecule has 2 aromatic rings. The van der Waals surface area contributed by atoms with Crippen molar-refractivity contribution in [1.82, 2.24) is 16.0 Å². The highest BCUT2D eigenvalue weighted by molar-refractivity contribution is 5.87. The Balaban J connectivity index is 1.88. The second-order valence-electron chi connectivity index (χ2n) is 7.32. The maximum absolute atomic E-state index is 12.6. The molecule has 0 radical (unpaired) electrons. The molecule has 0 fully saturated rings. The predicted molar refractivity (Wildman–Crippen MR) is 113 cm³/mol. The van der Waals surface area contributed by atoms with Gasteiger partial charge in [0.15, 0.2) is 0 Å². The van der Waals surface area contributed by atoms with Gasteiger partial charge < -0.3 is 20.9 Å². The lowest BCUT2D eigenvalue weighted by molar-refractivity contribution is -0.124. The minimum absolute atomic E-state index is 0.0319. The number of nitrogens with one attached hydrogen (secondary N) is 3. The van der Waals surface area contributed by atoms with Crippen LogP contribution in [0.5, 0.6) is 0 Å². The molecule has 3 N–H and O–H groups in total. The van der Waals surface area contributed by atoms with Crippen LogP contribution in [0.25, 0.3) is 0 Å². The normalized spacial score (nSPS) is 11.6. The summed E-state index contributed by atoms with van der Waals surface area (Å²) < 4.78 is 0. The molecule has 0 bridgehead atoms. The van der Waals surface area contributed by atoms with Gasteiger partial charge in [-0.25, -0.2) is 4.79 Å². The molecule has 0 aliphatic rings. The average molecular weight is 383 g/mol. The monoisotopic (exact) mass is 382 g/mol. The Hall–Kier alpha value is -3.02. The third-order valence-corrected chi connectivity index (χ3v) is 4.43. The molecule has 0 aliphatic carbocycles. The van der Waals surface area contributed by atoms with E-state index in [0.29, 0.717) is 13.1 Å². The number of amides is 3. The highest BCUT2D eigenvalue weighted by Crippen LogP contribution is 2.13. The van der Waals surface area contributed by atoms with E-state index in [0.717, 1.165) is 16.8 Å². The van der Waals surface area contributed by atoms with Crippen LogP contribution in [0.1, 0.15) is 25.0 Å². The van der Waals surface area contributed by atoms with E-state index in [1.54, 1.807) is 0 Å². The van der Waals surface area contributed by atoms with Crippen molar-refractivity contribution < 1.29 is 9.59 Å². The van der Waals surface area contributed by atoms with Crippen molar-refractivity contribution in [3.63, 3.8) is 0 Å². The zero-order valence-electron chi connectivity index (χ0n) is 17.0. The Morgan fingerprint density at radius 3 is 2.18 bits per heavy atom. The second kappa shape index (κ2) is 10.3. The summed E-state index contributed by atoms with van der Waals surface area (Å²) in [7, 11) is 3.95. The Labute approximate surface area is 167 Å². The average Bonchev–Trinajstić information content (AvgIpc) is 2.69. The van der Waals surface area contributed by atoms with Gasteiger partial charge in [0.05, 0.1) is 0 Å². The molecule has 2 aromatic carbocycles. The van der Waals surface area contributed by atoms with E-state index < -0.39 is 6.04 Å². The van der Waals surface area contributed by atoms with E-state index in [2.05, 4.69) is 16.0 Å². The van der Waals surface area contributed by atoms with Crippen LogP contribution >= 0.6 is 0 Å². The van der Waals surface area contributed by atoms with Crippen LogP contribution in [0, 0.1) is 5.92 Å². The molecule has 0 aromatic heterocycles. The molecular formula is C22H30N4O2. The summed E-state index contributed by atoms with van der Waals surface area (Å²) in [6.07, 6.45) is 0. The zero-order chi connectivity index (χ0) is 20.5. The van der Waals surface area contributed by atoms with Crippen molar-refractivity contribution in [2.24, 2.45) is 5.92 Å². The van der Waals surface area contributed by atoms with E-state index in [1.165, 1.54) is 0 Å². The van der Waals surface area contributed by atoms with Crippen LogP contribution in [-0.4, -0.2) is 32.1 Å². The molecule has 2 rings (SSSR count). The number of hydrogen-bond donors (Lipinski definition) is 3. The van der Waals surface area contributed by atoms with E-state index >= 15 is 0 Å². The van der Waals surface area contributed by atoms with E-state index in [-0.39, 0.29) is 17.9 Å². The fraction of sp³-hybridized carbons (Fsp3) is 0.364. The minimum Gasteiger partial charge on any atom is -0.378 e. The Morgan fingerprint density at radius 1 is 0.893 bits per heavy atom. The molecule has 0 aliphatic heterocycles. The first kappa shape index (κ1) is 21.3. The number of urea groups is 1. The minimum atomic E-state index is -0.604.